The number of aromatic nitrogens is 3. The number of rotatable bonds is 1. The molecule has 2 rings (SSSR count). The molecular formula is C8H9ClN4O. The van der Waals surface area contributed by atoms with Gasteiger partial charge in [0.1, 0.15) is 11.8 Å². The summed E-state index contributed by atoms with van der Waals surface area (Å²) >= 11 is 0. The second-order valence-corrected chi connectivity index (χ2v) is 2.77. The van der Waals surface area contributed by atoms with Crippen LogP contribution in [0.15, 0.2) is 12.5 Å². The van der Waals surface area contributed by atoms with Gasteiger partial charge in [-0.15, -0.1) is 12.4 Å². The van der Waals surface area contributed by atoms with Crippen molar-refractivity contribution in [3.63, 3.8) is 0 Å². The van der Waals surface area contributed by atoms with E-state index >= 15 is 0 Å². The molecule has 3 N–H and O–H groups in total. The summed E-state index contributed by atoms with van der Waals surface area (Å²) in [5.74, 6) is -0.470. The molecule has 0 aliphatic carbocycles. The molecule has 0 aromatic carbocycles. The highest BCUT2D eigenvalue weighted by Gasteiger charge is 2.13. The van der Waals surface area contributed by atoms with Crippen LogP contribution in [-0.2, 0) is 0 Å². The van der Waals surface area contributed by atoms with Crippen molar-refractivity contribution in [2.45, 2.75) is 6.92 Å². The van der Waals surface area contributed by atoms with Gasteiger partial charge in [0.2, 0.25) is 0 Å². The number of H-pyrrole nitrogens is 1. The summed E-state index contributed by atoms with van der Waals surface area (Å²) in [7, 11) is 0. The molecule has 0 spiro atoms. The maximum Gasteiger partial charge on any atom is 0.252 e. The summed E-state index contributed by atoms with van der Waals surface area (Å²) in [5, 5.41) is 0. The number of carbonyl (C=O) groups excluding carboxylic acids is 1. The molecule has 2 aromatic heterocycles. The van der Waals surface area contributed by atoms with Crippen LogP contribution in [0.5, 0.6) is 0 Å². The molecule has 14 heavy (non-hydrogen) atoms. The lowest BCUT2D eigenvalue weighted by Crippen LogP contribution is -2.12. The van der Waals surface area contributed by atoms with E-state index in [1.807, 2.05) is 0 Å². The molecule has 2 aromatic rings. The van der Waals surface area contributed by atoms with Gasteiger partial charge >= 0.3 is 0 Å². The quantitative estimate of drug-likeness (QED) is 0.733. The minimum absolute atomic E-state index is 0. The van der Waals surface area contributed by atoms with Crippen molar-refractivity contribution < 1.29 is 4.79 Å². The molecule has 74 valence electrons. The highest BCUT2D eigenvalue weighted by atomic mass is 35.5. The minimum Gasteiger partial charge on any atom is -0.365 e. The highest BCUT2D eigenvalue weighted by molar-refractivity contribution is 6.05. The lowest BCUT2D eigenvalue weighted by Gasteiger charge is -1.91. The van der Waals surface area contributed by atoms with Gasteiger partial charge in [-0.25, -0.2) is 9.97 Å². The molecule has 0 saturated carbocycles. The Kier molecular flexibility index (Phi) is 2.71. The molecule has 0 radical (unpaired) electrons. The van der Waals surface area contributed by atoms with E-state index in [0.29, 0.717) is 11.1 Å². The number of nitrogens with one attached hydrogen (secondary N) is 1. The van der Waals surface area contributed by atoms with Gasteiger partial charge in [0.15, 0.2) is 0 Å². The van der Waals surface area contributed by atoms with Gasteiger partial charge < -0.3 is 10.7 Å². The predicted molar refractivity (Wildman–Crippen MR) is 54.4 cm³/mol. The summed E-state index contributed by atoms with van der Waals surface area (Å²) in [5.41, 5.74) is 7.69. The summed E-state index contributed by atoms with van der Waals surface area (Å²) in [6, 6.07) is 0. The van der Waals surface area contributed by atoms with E-state index in [4.69, 9.17) is 5.73 Å². The summed E-state index contributed by atoms with van der Waals surface area (Å²) in [6.07, 6.45) is 3.00. The second-order valence-electron chi connectivity index (χ2n) is 2.77. The van der Waals surface area contributed by atoms with Crippen molar-refractivity contribution in [2.75, 3.05) is 0 Å². The number of fused-ring (bicyclic) bond motifs is 1. The Morgan fingerprint density at radius 1 is 1.57 bits per heavy atom. The van der Waals surface area contributed by atoms with E-state index in [2.05, 4.69) is 15.0 Å². The zero-order valence-electron chi connectivity index (χ0n) is 7.44. The fourth-order valence-electron chi connectivity index (χ4n) is 1.36. The van der Waals surface area contributed by atoms with E-state index in [1.165, 1.54) is 6.33 Å². The van der Waals surface area contributed by atoms with Gasteiger partial charge in [-0.3, -0.25) is 4.79 Å². The average Bonchev–Trinajstić information content (AvgIpc) is 2.39. The molecule has 0 aliphatic heterocycles. The van der Waals surface area contributed by atoms with E-state index in [9.17, 15) is 4.79 Å². The molecule has 5 nitrogen and oxygen atoms in total. The first-order valence-electron chi connectivity index (χ1n) is 3.78. The number of aromatic amines is 1. The maximum absolute atomic E-state index is 11.0. The normalized spacial score (nSPS) is 9.79. The number of halogens is 1. The van der Waals surface area contributed by atoms with Crippen LogP contribution in [0.3, 0.4) is 0 Å². The number of hydrogen-bond acceptors (Lipinski definition) is 3. The Labute approximate surface area is 86.1 Å². The predicted octanol–water partition coefficient (Wildman–Crippen LogP) is 0.787. The smallest absolute Gasteiger partial charge is 0.252 e. The van der Waals surface area contributed by atoms with Crippen LogP contribution in [0.2, 0.25) is 0 Å². The Morgan fingerprint density at radius 2 is 2.29 bits per heavy atom. The van der Waals surface area contributed by atoms with Crippen LogP contribution in [0.1, 0.15) is 16.1 Å². The van der Waals surface area contributed by atoms with Crippen molar-refractivity contribution in [1.29, 1.82) is 0 Å². The molecule has 0 saturated heterocycles. The zero-order chi connectivity index (χ0) is 9.42. The fourth-order valence-corrected chi connectivity index (χ4v) is 1.36. The highest BCUT2D eigenvalue weighted by Crippen LogP contribution is 2.17. The molecule has 0 atom stereocenters. The SMILES string of the molecule is Cc1[nH]c2cncnc2c1C(N)=O.Cl. The average molecular weight is 213 g/mol. The number of carbonyl (C=O) groups is 1. The first-order chi connectivity index (χ1) is 6.20. The largest absolute Gasteiger partial charge is 0.365 e. The lowest BCUT2D eigenvalue weighted by molar-refractivity contribution is 0.100. The molecule has 0 aliphatic rings. The Hall–Kier alpha value is -1.62. The number of nitrogens with zero attached hydrogens (tertiary/aromatic N) is 2. The summed E-state index contributed by atoms with van der Waals surface area (Å²) in [6.45, 7) is 1.78. The van der Waals surface area contributed by atoms with E-state index in [0.717, 1.165) is 11.2 Å². The standard InChI is InChI=1S/C8H8N4O.ClH/c1-4-6(8(9)13)7-5(12-4)2-10-3-11-7;/h2-3,12H,1H3,(H2,9,13);1H. The molecule has 0 bridgehead atoms. The third-order valence-corrected chi connectivity index (χ3v) is 1.89. The first kappa shape index (κ1) is 10.5. The molecule has 0 unspecified atom stereocenters. The summed E-state index contributed by atoms with van der Waals surface area (Å²) in [4.78, 5) is 21.8. The zero-order valence-corrected chi connectivity index (χ0v) is 8.26. The third kappa shape index (κ3) is 1.42. The minimum atomic E-state index is -0.470. The molecule has 2 heterocycles. The van der Waals surface area contributed by atoms with Crippen molar-refractivity contribution >= 4 is 29.3 Å². The van der Waals surface area contributed by atoms with Crippen LogP contribution < -0.4 is 5.73 Å². The number of primary amides is 1. The van der Waals surface area contributed by atoms with Gasteiger partial charge in [0.25, 0.3) is 5.91 Å². The molecular weight excluding hydrogens is 204 g/mol. The number of nitrogens with two attached hydrogens (primary N) is 1. The lowest BCUT2D eigenvalue weighted by atomic mass is 10.2. The van der Waals surface area contributed by atoms with Crippen LogP contribution in [0.25, 0.3) is 11.0 Å². The van der Waals surface area contributed by atoms with Gasteiger partial charge in [0.05, 0.1) is 17.3 Å². The Bertz CT molecular complexity index is 479. The van der Waals surface area contributed by atoms with E-state index in [-0.39, 0.29) is 12.4 Å². The van der Waals surface area contributed by atoms with Crippen LogP contribution >= 0.6 is 12.4 Å². The topological polar surface area (TPSA) is 84.7 Å². The first-order valence-corrected chi connectivity index (χ1v) is 3.78. The second kappa shape index (κ2) is 3.63. The molecule has 0 fully saturated rings. The Morgan fingerprint density at radius 3 is 2.93 bits per heavy atom. The van der Waals surface area contributed by atoms with E-state index in [1.54, 1.807) is 13.1 Å². The molecule has 6 heteroatoms. The maximum atomic E-state index is 11.0. The van der Waals surface area contributed by atoms with Crippen molar-refractivity contribution in [3.05, 3.63) is 23.8 Å². The summed E-state index contributed by atoms with van der Waals surface area (Å²) < 4.78 is 0. The van der Waals surface area contributed by atoms with Gasteiger partial charge in [-0.05, 0) is 6.92 Å². The van der Waals surface area contributed by atoms with Gasteiger partial charge in [-0.1, -0.05) is 0 Å². The molecule has 1 amide bonds. The van der Waals surface area contributed by atoms with Crippen molar-refractivity contribution in [1.82, 2.24) is 15.0 Å². The van der Waals surface area contributed by atoms with Crippen LogP contribution in [0.4, 0.5) is 0 Å². The Balaban J connectivity index is 0.000000980. The van der Waals surface area contributed by atoms with Crippen molar-refractivity contribution in [3.8, 4) is 0 Å². The van der Waals surface area contributed by atoms with Crippen LogP contribution in [0, 0.1) is 6.92 Å². The number of hydrogen-bond donors (Lipinski definition) is 2. The van der Waals surface area contributed by atoms with Crippen LogP contribution in [-0.4, -0.2) is 20.9 Å². The number of aryl methyl sites for hydroxylation is 1. The van der Waals surface area contributed by atoms with E-state index < -0.39 is 5.91 Å². The number of amides is 1. The third-order valence-electron chi connectivity index (χ3n) is 1.89. The fraction of sp³-hybridized carbons (Fsp3) is 0.125. The van der Waals surface area contributed by atoms with Gasteiger partial charge in [0, 0.05) is 5.69 Å². The van der Waals surface area contributed by atoms with Gasteiger partial charge in [-0.2, -0.15) is 0 Å². The monoisotopic (exact) mass is 212 g/mol. The van der Waals surface area contributed by atoms with Crippen molar-refractivity contribution in [2.24, 2.45) is 5.73 Å².